The second-order valence-electron chi connectivity index (χ2n) is 11.4. The largest absolute Gasteiger partial charge is 0.480 e. The molecule has 0 aromatic heterocycles. The van der Waals surface area contributed by atoms with Crippen molar-refractivity contribution >= 4 is 17.5 Å². The number of rotatable bonds is 29. The molecular formula is C33H62O4. The van der Waals surface area contributed by atoms with Gasteiger partial charge >= 0.3 is 5.97 Å². The van der Waals surface area contributed by atoms with Gasteiger partial charge in [0, 0.05) is 12.8 Å². The molecule has 0 atom stereocenters. The molecule has 4 heteroatoms. The third-order valence-corrected chi connectivity index (χ3v) is 7.96. The molecule has 0 unspecified atom stereocenters. The smallest absolute Gasteiger partial charge is 0.324 e. The molecule has 1 N–H and O–H groups in total. The van der Waals surface area contributed by atoms with E-state index >= 15 is 0 Å². The summed E-state index contributed by atoms with van der Waals surface area (Å²) in [6.45, 7) is 6.34. The third kappa shape index (κ3) is 17.1. The SMILES string of the molecule is CCCCCCCCCCCCCC(=O)C(CCC)(C(=O)O)C(=O)CCCCCCCCCCCCC. The van der Waals surface area contributed by atoms with Crippen LogP contribution in [0.4, 0.5) is 0 Å². The highest BCUT2D eigenvalue weighted by atomic mass is 16.4. The topological polar surface area (TPSA) is 71.4 Å². The minimum Gasteiger partial charge on any atom is -0.480 e. The van der Waals surface area contributed by atoms with Crippen LogP contribution in [0, 0.1) is 5.41 Å². The van der Waals surface area contributed by atoms with E-state index in [1.165, 1.54) is 103 Å². The van der Waals surface area contributed by atoms with Crippen molar-refractivity contribution < 1.29 is 19.5 Å². The quantitative estimate of drug-likeness (QED) is 0.0783. The van der Waals surface area contributed by atoms with Crippen LogP contribution in [-0.2, 0) is 14.4 Å². The Morgan fingerprint density at radius 3 is 0.946 bits per heavy atom. The summed E-state index contributed by atoms with van der Waals surface area (Å²) in [6, 6.07) is 0. The van der Waals surface area contributed by atoms with Crippen molar-refractivity contribution in [1.29, 1.82) is 0 Å². The Morgan fingerprint density at radius 1 is 0.432 bits per heavy atom. The summed E-state index contributed by atoms with van der Waals surface area (Å²) in [5, 5.41) is 10.0. The Bertz CT molecular complexity index is 531. The summed E-state index contributed by atoms with van der Waals surface area (Å²) < 4.78 is 0. The molecule has 0 amide bonds. The Labute approximate surface area is 230 Å². The van der Waals surface area contributed by atoms with Crippen LogP contribution in [0.3, 0.4) is 0 Å². The lowest BCUT2D eigenvalue weighted by Crippen LogP contribution is -2.46. The Morgan fingerprint density at radius 2 is 0.703 bits per heavy atom. The first-order valence-corrected chi connectivity index (χ1v) is 16.3. The number of unbranched alkanes of at least 4 members (excludes halogenated alkanes) is 20. The van der Waals surface area contributed by atoms with Gasteiger partial charge in [0.05, 0.1) is 0 Å². The summed E-state index contributed by atoms with van der Waals surface area (Å²) in [5.74, 6) is -1.94. The van der Waals surface area contributed by atoms with E-state index in [0.29, 0.717) is 19.3 Å². The molecule has 0 saturated carbocycles. The molecule has 0 radical (unpaired) electrons. The molecule has 0 spiro atoms. The number of carboxylic acid groups (broad SMARTS) is 1. The van der Waals surface area contributed by atoms with Gasteiger partial charge in [0.25, 0.3) is 0 Å². The first-order chi connectivity index (χ1) is 18.0. The van der Waals surface area contributed by atoms with Gasteiger partial charge in [-0.05, 0) is 19.3 Å². The number of carbonyl (C=O) groups excluding carboxylic acids is 2. The van der Waals surface area contributed by atoms with Gasteiger partial charge in [0.1, 0.15) is 0 Å². The van der Waals surface area contributed by atoms with E-state index in [1.54, 1.807) is 0 Å². The van der Waals surface area contributed by atoms with Crippen LogP contribution in [0.25, 0.3) is 0 Å². The lowest BCUT2D eigenvalue weighted by atomic mass is 9.72. The summed E-state index contributed by atoms with van der Waals surface area (Å²) in [7, 11) is 0. The zero-order valence-corrected chi connectivity index (χ0v) is 25.1. The van der Waals surface area contributed by atoms with E-state index in [4.69, 9.17) is 0 Å². The molecule has 0 fully saturated rings. The first kappa shape index (κ1) is 35.8. The lowest BCUT2D eigenvalue weighted by molar-refractivity contribution is -0.160. The van der Waals surface area contributed by atoms with Crippen LogP contribution in [0.2, 0.25) is 0 Å². The van der Waals surface area contributed by atoms with Crippen LogP contribution < -0.4 is 0 Å². The monoisotopic (exact) mass is 522 g/mol. The first-order valence-electron chi connectivity index (χ1n) is 16.3. The fourth-order valence-corrected chi connectivity index (χ4v) is 5.48. The molecule has 0 bridgehead atoms. The van der Waals surface area contributed by atoms with E-state index in [0.717, 1.165) is 25.7 Å². The number of Topliss-reactive ketones (excluding diaryl/α,β-unsaturated/α-hetero) is 2. The van der Waals surface area contributed by atoms with E-state index in [1.807, 2.05) is 6.92 Å². The van der Waals surface area contributed by atoms with Gasteiger partial charge in [-0.2, -0.15) is 0 Å². The molecule has 0 heterocycles. The van der Waals surface area contributed by atoms with Gasteiger partial charge in [0.2, 0.25) is 0 Å². The third-order valence-electron chi connectivity index (χ3n) is 7.96. The van der Waals surface area contributed by atoms with Gasteiger partial charge in [-0.15, -0.1) is 0 Å². The molecule has 0 saturated heterocycles. The average molecular weight is 523 g/mol. The average Bonchev–Trinajstić information content (AvgIpc) is 2.88. The minimum absolute atomic E-state index is 0.135. The van der Waals surface area contributed by atoms with Gasteiger partial charge in [0.15, 0.2) is 17.0 Å². The highest BCUT2D eigenvalue weighted by Gasteiger charge is 2.50. The molecule has 0 aromatic rings. The van der Waals surface area contributed by atoms with Crippen LogP contribution in [-0.4, -0.2) is 22.6 Å². The zero-order chi connectivity index (χ0) is 27.6. The second-order valence-corrected chi connectivity index (χ2v) is 11.4. The summed E-state index contributed by atoms with van der Waals surface area (Å²) in [4.78, 5) is 38.5. The van der Waals surface area contributed by atoms with Crippen LogP contribution in [0.5, 0.6) is 0 Å². The summed E-state index contributed by atoms with van der Waals surface area (Å²) >= 11 is 0. The number of aliphatic carboxylic acids is 1. The molecule has 0 aromatic carbocycles. The predicted octanol–water partition coefficient (Wildman–Crippen LogP) is 10.4. The van der Waals surface area contributed by atoms with Gasteiger partial charge < -0.3 is 5.11 Å². The molecule has 0 aliphatic carbocycles. The van der Waals surface area contributed by atoms with E-state index in [-0.39, 0.29) is 30.8 Å². The second kappa shape index (κ2) is 25.1. The van der Waals surface area contributed by atoms with Crippen molar-refractivity contribution in [3.8, 4) is 0 Å². The molecule has 4 nitrogen and oxygen atoms in total. The molecule has 0 aliphatic heterocycles. The number of hydrogen-bond acceptors (Lipinski definition) is 3. The summed E-state index contributed by atoms with van der Waals surface area (Å²) in [5.41, 5.74) is -1.81. The molecule has 0 rings (SSSR count). The highest BCUT2D eigenvalue weighted by Crippen LogP contribution is 2.32. The number of hydrogen-bond donors (Lipinski definition) is 1. The van der Waals surface area contributed by atoms with Gasteiger partial charge in [-0.1, -0.05) is 156 Å². The van der Waals surface area contributed by atoms with Crippen molar-refractivity contribution in [3.05, 3.63) is 0 Å². The minimum atomic E-state index is -1.81. The molecule has 37 heavy (non-hydrogen) atoms. The lowest BCUT2D eigenvalue weighted by Gasteiger charge is -2.26. The van der Waals surface area contributed by atoms with E-state index in [2.05, 4.69) is 13.8 Å². The van der Waals surface area contributed by atoms with Crippen LogP contribution >= 0.6 is 0 Å². The Kier molecular flexibility index (Phi) is 24.3. The maximum atomic E-state index is 13.1. The van der Waals surface area contributed by atoms with Crippen molar-refractivity contribution in [3.63, 3.8) is 0 Å². The van der Waals surface area contributed by atoms with Crippen molar-refractivity contribution in [2.45, 2.75) is 188 Å². The van der Waals surface area contributed by atoms with Crippen molar-refractivity contribution in [2.75, 3.05) is 0 Å². The predicted molar refractivity (Wildman–Crippen MR) is 157 cm³/mol. The van der Waals surface area contributed by atoms with Crippen LogP contribution in [0.1, 0.15) is 188 Å². The maximum Gasteiger partial charge on any atom is 0.324 e. The Hall–Kier alpha value is -1.19. The van der Waals surface area contributed by atoms with E-state index in [9.17, 15) is 19.5 Å². The van der Waals surface area contributed by atoms with Gasteiger partial charge in [-0.3, -0.25) is 14.4 Å². The Balaban J connectivity index is 4.27. The number of ketones is 2. The number of carbonyl (C=O) groups is 3. The number of carboxylic acids is 1. The maximum absolute atomic E-state index is 13.1. The van der Waals surface area contributed by atoms with Gasteiger partial charge in [-0.25, -0.2) is 0 Å². The summed E-state index contributed by atoms with van der Waals surface area (Å²) in [6.07, 6.45) is 27.2. The van der Waals surface area contributed by atoms with Crippen molar-refractivity contribution in [1.82, 2.24) is 0 Å². The van der Waals surface area contributed by atoms with E-state index < -0.39 is 11.4 Å². The highest BCUT2D eigenvalue weighted by molar-refractivity contribution is 6.21. The molecule has 218 valence electrons. The standard InChI is InChI=1S/C33H62O4/c1-4-7-9-11-13-15-17-19-21-23-25-27-30(34)33(29-6-3,32(36)37)31(35)28-26-24-22-20-18-16-14-12-10-8-5-2/h4-29H2,1-3H3,(H,36,37). The fraction of sp³-hybridized carbons (Fsp3) is 0.909. The van der Waals surface area contributed by atoms with Crippen molar-refractivity contribution in [2.24, 2.45) is 5.41 Å². The molecule has 0 aliphatic rings. The fourth-order valence-electron chi connectivity index (χ4n) is 5.48. The van der Waals surface area contributed by atoms with Crippen LogP contribution in [0.15, 0.2) is 0 Å². The normalized spacial score (nSPS) is 11.6. The zero-order valence-electron chi connectivity index (χ0n) is 25.1. The molecular weight excluding hydrogens is 460 g/mol.